The highest BCUT2D eigenvalue weighted by atomic mass is 16.3. The topological polar surface area (TPSA) is 41.3 Å². The van der Waals surface area contributed by atoms with E-state index in [4.69, 9.17) is 4.42 Å². The van der Waals surface area contributed by atoms with Gasteiger partial charge in [-0.3, -0.25) is 0 Å². The normalized spacial score (nSPS) is 10.6. The Morgan fingerprint density at radius 2 is 2.22 bits per heavy atom. The Kier molecular flexibility index (Phi) is 4.36. The van der Waals surface area contributed by atoms with Gasteiger partial charge in [0.15, 0.2) is 0 Å². The predicted octanol–water partition coefficient (Wildman–Crippen LogP) is 2.42. The summed E-state index contributed by atoms with van der Waals surface area (Å²) in [6.45, 7) is 4.62. The maximum absolute atomic E-state index is 5.36. The Labute approximate surface area is 108 Å². The number of anilines is 1. The second-order valence-electron chi connectivity index (χ2n) is 4.20. The Hall–Kier alpha value is -1.81. The molecular formula is C14H19N3O. The minimum Gasteiger partial charge on any atom is -0.467 e. The molecule has 0 bridgehead atoms. The molecule has 1 N–H and O–H groups in total. The average Bonchev–Trinajstić information content (AvgIpc) is 2.89. The lowest BCUT2D eigenvalue weighted by Gasteiger charge is -2.20. The van der Waals surface area contributed by atoms with Crippen LogP contribution in [0.5, 0.6) is 0 Å². The molecule has 0 amide bonds. The van der Waals surface area contributed by atoms with Crippen LogP contribution in [0.15, 0.2) is 41.1 Å². The van der Waals surface area contributed by atoms with Crippen molar-refractivity contribution >= 4 is 5.82 Å². The van der Waals surface area contributed by atoms with Crippen LogP contribution in [0.25, 0.3) is 0 Å². The van der Waals surface area contributed by atoms with E-state index in [1.54, 1.807) is 6.26 Å². The monoisotopic (exact) mass is 245 g/mol. The highest BCUT2D eigenvalue weighted by molar-refractivity contribution is 5.46. The molecule has 18 heavy (non-hydrogen) atoms. The average molecular weight is 245 g/mol. The smallest absolute Gasteiger partial charge is 0.133 e. The zero-order chi connectivity index (χ0) is 12.8. The van der Waals surface area contributed by atoms with Gasteiger partial charge in [-0.1, -0.05) is 13.0 Å². The van der Waals surface area contributed by atoms with Crippen LogP contribution in [0, 0.1) is 0 Å². The molecule has 0 aliphatic rings. The summed E-state index contributed by atoms with van der Waals surface area (Å²) in [5, 5.41) is 3.33. The van der Waals surface area contributed by atoms with E-state index in [2.05, 4.69) is 28.2 Å². The van der Waals surface area contributed by atoms with Crippen molar-refractivity contribution in [3.63, 3.8) is 0 Å². The molecule has 4 nitrogen and oxygen atoms in total. The molecule has 0 radical (unpaired) electrons. The summed E-state index contributed by atoms with van der Waals surface area (Å²) in [4.78, 5) is 6.56. The first-order valence-corrected chi connectivity index (χ1v) is 6.19. The lowest BCUT2D eigenvalue weighted by atomic mass is 10.2. The van der Waals surface area contributed by atoms with Gasteiger partial charge in [-0.2, -0.15) is 0 Å². The Morgan fingerprint density at radius 1 is 1.33 bits per heavy atom. The van der Waals surface area contributed by atoms with E-state index < -0.39 is 0 Å². The molecule has 0 atom stereocenters. The first-order chi connectivity index (χ1) is 8.81. The molecule has 0 spiro atoms. The number of hydrogen-bond acceptors (Lipinski definition) is 4. The highest BCUT2D eigenvalue weighted by Gasteiger charge is 2.09. The van der Waals surface area contributed by atoms with Crippen molar-refractivity contribution in [1.82, 2.24) is 10.3 Å². The van der Waals surface area contributed by atoms with Gasteiger partial charge >= 0.3 is 0 Å². The number of nitrogens with one attached hydrogen (secondary N) is 1. The summed E-state index contributed by atoms with van der Waals surface area (Å²) in [5.74, 6) is 1.94. The minimum absolute atomic E-state index is 0.725. The number of aromatic nitrogens is 1. The van der Waals surface area contributed by atoms with Crippen LogP contribution in [0.2, 0.25) is 0 Å². The van der Waals surface area contributed by atoms with E-state index in [0.29, 0.717) is 0 Å². The van der Waals surface area contributed by atoms with Crippen LogP contribution in [-0.4, -0.2) is 18.6 Å². The number of nitrogens with zero attached hydrogens (tertiary/aromatic N) is 2. The summed E-state index contributed by atoms with van der Waals surface area (Å²) in [6.07, 6.45) is 3.52. The largest absolute Gasteiger partial charge is 0.467 e. The maximum Gasteiger partial charge on any atom is 0.133 e. The molecule has 96 valence electrons. The first kappa shape index (κ1) is 12.6. The van der Waals surface area contributed by atoms with Crippen molar-refractivity contribution in [3.8, 4) is 0 Å². The maximum atomic E-state index is 5.36. The van der Waals surface area contributed by atoms with Crippen LogP contribution in [-0.2, 0) is 13.1 Å². The van der Waals surface area contributed by atoms with Crippen molar-refractivity contribution in [2.75, 3.05) is 18.5 Å². The van der Waals surface area contributed by atoms with E-state index in [-0.39, 0.29) is 0 Å². The summed E-state index contributed by atoms with van der Waals surface area (Å²) >= 11 is 0. The molecule has 0 aromatic carbocycles. The van der Waals surface area contributed by atoms with Gasteiger partial charge in [0, 0.05) is 25.4 Å². The second-order valence-corrected chi connectivity index (χ2v) is 4.20. The second kappa shape index (κ2) is 6.21. The van der Waals surface area contributed by atoms with Crippen molar-refractivity contribution in [3.05, 3.63) is 48.0 Å². The van der Waals surface area contributed by atoms with E-state index in [1.807, 2.05) is 31.4 Å². The zero-order valence-corrected chi connectivity index (χ0v) is 10.9. The fourth-order valence-electron chi connectivity index (χ4n) is 1.88. The summed E-state index contributed by atoms with van der Waals surface area (Å²) in [7, 11) is 2.03. The predicted molar refractivity (Wildman–Crippen MR) is 72.4 cm³/mol. The molecule has 2 heterocycles. The molecular weight excluding hydrogens is 226 g/mol. The number of rotatable bonds is 6. The van der Waals surface area contributed by atoms with Gasteiger partial charge in [0.05, 0.1) is 12.8 Å². The van der Waals surface area contributed by atoms with Crippen LogP contribution in [0.3, 0.4) is 0 Å². The Balaban J connectivity index is 2.11. The fraction of sp³-hybridized carbons (Fsp3) is 0.357. The van der Waals surface area contributed by atoms with E-state index in [1.165, 1.54) is 5.56 Å². The molecule has 2 aromatic rings. The van der Waals surface area contributed by atoms with E-state index >= 15 is 0 Å². The van der Waals surface area contributed by atoms with Crippen LogP contribution in [0.4, 0.5) is 5.82 Å². The molecule has 0 aliphatic carbocycles. The summed E-state index contributed by atoms with van der Waals surface area (Å²) in [6, 6.07) is 7.95. The van der Waals surface area contributed by atoms with Gasteiger partial charge in [-0.15, -0.1) is 0 Å². The zero-order valence-electron chi connectivity index (χ0n) is 10.9. The quantitative estimate of drug-likeness (QED) is 0.848. The molecule has 2 rings (SSSR count). The Morgan fingerprint density at radius 3 is 2.94 bits per heavy atom. The highest BCUT2D eigenvalue weighted by Crippen LogP contribution is 2.18. The number of furan rings is 1. The van der Waals surface area contributed by atoms with Gasteiger partial charge in [-0.05, 0) is 24.7 Å². The van der Waals surface area contributed by atoms with E-state index in [9.17, 15) is 0 Å². The summed E-state index contributed by atoms with van der Waals surface area (Å²) < 4.78 is 5.36. The minimum atomic E-state index is 0.725. The van der Waals surface area contributed by atoms with Crippen molar-refractivity contribution < 1.29 is 4.42 Å². The Bertz CT molecular complexity index is 468. The van der Waals surface area contributed by atoms with Gasteiger partial charge in [0.2, 0.25) is 0 Å². The number of pyridine rings is 1. The van der Waals surface area contributed by atoms with Gasteiger partial charge in [0.1, 0.15) is 11.6 Å². The van der Waals surface area contributed by atoms with Crippen LogP contribution in [0.1, 0.15) is 18.2 Å². The van der Waals surface area contributed by atoms with Crippen LogP contribution >= 0.6 is 0 Å². The number of hydrogen-bond donors (Lipinski definition) is 1. The molecule has 0 saturated heterocycles. The SMILES string of the molecule is CCNCc1cccnc1N(C)Cc1ccco1. The fourth-order valence-corrected chi connectivity index (χ4v) is 1.88. The van der Waals surface area contributed by atoms with Gasteiger partial charge < -0.3 is 14.6 Å². The van der Waals surface area contributed by atoms with Gasteiger partial charge in [-0.25, -0.2) is 4.98 Å². The molecule has 0 saturated carbocycles. The third-order valence-electron chi connectivity index (χ3n) is 2.77. The summed E-state index contributed by atoms with van der Waals surface area (Å²) in [5.41, 5.74) is 1.20. The van der Waals surface area contributed by atoms with Crippen LogP contribution < -0.4 is 10.2 Å². The molecule has 4 heteroatoms. The lowest BCUT2D eigenvalue weighted by molar-refractivity contribution is 0.506. The van der Waals surface area contributed by atoms with Crippen molar-refractivity contribution in [2.24, 2.45) is 0 Å². The standard InChI is InChI=1S/C14H19N3O/c1-3-15-10-12-6-4-8-16-14(12)17(2)11-13-7-5-9-18-13/h4-9,15H,3,10-11H2,1-2H3. The van der Waals surface area contributed by atoms with Crippen molar-refractivity contribution in [2.45, 2.75) is 20.0 Å². The molecule has 2 aromatic heterocycles. The van der Waals surface area contributed by atoms with E-state index in [0.717, 1.165) is 31.2 Å². The molecule has 0 aliphatic heterocycles. The first-order valence-electron chi connectivity index (χ1n) is 6.19. The molecule has 0 fully saturated rings. The molecule has 0 unspecified atom stereocenters. The third-order valence-corrected chi connectivity index (χ3v) is 2.77. The third kappa shape index (κ3) is 3.11. The van der Waals surface area contributed by atoms with Gasteiger partial charge in [0.25, 0.3) is 0 Å². The lowest BCUT2D eigenvalue weighted by Crippen LogP contribution is -2.21. The van der Waals surface area contributed by atoms with Crippen molar-refractivity contribution in [1.29, 1.82) is 0 Å².